The molecule has 1 aromatic carbocycles. The summed E-state index contributed by atoms with van der Waals surface area (Å²) in [6.45, 7) is 2.15. The van der Waals surface area contributed by atoms with E-state index in [0.717, 1.165) is 10.2 Å². The molecule has 0 unspecified atom stereocenters. The molecule has 0 aliphatic rings. The molecule has 2 aromatic rings. The van der Waals surface area contributed by atoms with Crippen LogP contribution in [0.15, 0.2) is 18.2 Å². The van der Waals surface area contributed by atoms with Crippen LogP contribution in [0.5, 0.6) is 0 Å². The molecule has 0 fully saturated rings. The Labute approximate surface area is 107 Å². The highest BCUT2D eigenvalue weighted by Crippen LogP contribution is 2.24. The zero-order chi connectivity index (χ0) is 10.8. The largest absolute Gasteiger partial charge is 0.462 e. The molecule has 0 saturated carbocycles. The van der Waals surface area contributed by atoms with Crippen LogP contribution in [0.3, 0.4) is 0 Å². The van der Waals surface area contributed by atoms with E-state index in [9.17, 15) is 4.79 Å². The van der Waals surface area contributed by atoms with Gasteiger partial charge in [0.25, 0.3) is 0 Å². The number of halogens is 1. The smallest absolute Gasteiger partial charge is 0.338 e. The number of carbonyl (C=O) groups is 1. The van der Waals surface area contributed by atoms with Gasteiger partial charge in [-0.1, -0.05) is 11.3 Å². The lowest BCUT2D eigenvalue weighted by Gasteiger charge is -2.00. The van der Waals surface area contributed by atoms with E-state index in [1.54, 1.807) is 19.1 Å². The monoisotopic (exact) mass is 302 g/mol. The number of fused-ring (bicyclic) bond motifs is 1. The Morgan fingerprint density at radius 1 is 1.56 bits per heavy atom. The van der Waals surface area contributed by atoms with Crippen molar-refractivity contribution in [2.45, 2.75) is 6.92 Å². The van der Waals surface area contributed by atoms with E-state index in [-0.39, 0.29) is 23.0 Å². The second kappa shape index (κ2) is 5.27. The van der Waals surface area contributed by atoms with Crippen LogP contribution in [0.1, 0.15) is 17.3 Å². The number of rotatable bonds is 2. The molecule has 2 rings (SSSR count). The van der Waals surface area contributed by atoms with Crippen molar-refractivity contribution in [1.29, 1.82) is 0 Å². The van der Waals surface area contributed by atoms with Gasteiger partial charge in [-0.15, -0.1) is 17.0 Å². The summed E-state index contributed by atoms with van der Waals surface area (Å²) in [4.78, 5) is 15.5. The van der Waals surface area contributed by atoms with Gasteiger partial charge < -0.3 is 10.5 Å². The Morgan fingerprint density at radius 3 is 3.00 bits per heavy atom. The fraction of sp³-hybridized carbons (Fsp3) is 0.200. The standard InChI is InChI=1S/C10H10N2O2S.BrH/c1-2-14-9(13)6-3-4-8-7(5-6)12-10(11)15-8;/h3-5H,2H2,1H3,(H2,11,12);1H. The molecule has 1 aromatic heterocycles. The van der Waals surface area contributed by atoms with Crippen molar-refractivity contribution >= 4 is 49.6 Å². The van der Waals surface area contributed by atoms with E-state index in [2.05, 4.69) is 4.98 Å². The Hall–Kier alpha value is -1.14. The van der Waals surface area contributed by atoms with Crippen LogP contribution in [0.4, 0.5) is 5.13 Å². The first-order chi connectivity index (χ1) is 7.20. The molecule has 1 heterocycles. The molecule has 0 atom stereocenters. The van der Waals surface area contributed by atoms with Gasteiger partial charge in [-0.25, -0.2) is 9.78 Å². The third-order valence-electron chi connectivity index (χ3n) is 1.92. The molecule has 0 saturated heterocycles. The third kappa shape index (κ3) is 2.51. The lowest BCUT2D eigenvalue weighted by Crippen LogP contribution is -2.03. The SMILES string of the molecule is Br.CCOC(=O)c1ccc2sc(N)nc2c1. The van der Waals surface area contributed by atoms with Gasteiger partial charge in [-0.05, 0) is 25.1 Å². The van der Waals surface area contributed by atoms with Crippen LogP contribution in [0.25, 0.3) is 10.2 Å². The maximum absolute atomic E-state index is 11.4. The number of hydrogen-bond acceptors (Lipinski definition) is 5. The van der Waals surface area contributed by atoms with Gasteiger partial charge in [0.1, 0.15) is 0 Å². The predicted octanol–water partition coefficient (Wildman–Crippen LogP) is 2.63. The fourth-order valence-corrected chi connectivity index (χ4v) is 2.00. The molecule has 0 bridgehead atoms. The lowest BCUT2D eigenvalue weighted by atomic mass is 10.2. The second-order valence-electron chi connectivity index (χ2n) is 2.96. The molecule has 0 amide bonds. The number of benzene rings is 1. The number of nitrogens with two attached hydrogens (primary N) is 1. The van der Waals surface area contributed by atoms with Crippen LogP contribution >= 0.6 is 28.3 Å². The van der Waals surface area contributed by atoms with Gasteiger partial charge in [-0.2, -0.15) is 0 Å². The normalized spacial score (nSPS) is 9.81. The third-order valence-corrected chi connectivity index (χ3v) is 2.78. The van der Waals surface area contributed by atoms with E-state index >= 15 is 0 Å². The van der Waals surface area contributed by atoms with Crippen molar-refractivity contribution in [1.82, 2.24) is 4.98 Å². The number of nitrogens with zero attached hydrogens (tertiary/aromatic N) is 1. The van der Waals surface area contributed by atoms with Crippen LogP contribution in [0.2, 0.25) is 0 Å². The van der Waals surface area contributed by atoms with E-state index in [1.165, 1.54) is 11.3 Å². The van der Waals surface area contributed by atoms with Crippen LogP contribution < -0.4 is 5.73 Å². The molecule has 0 aliphatic heterocycles. The van der Waals surface area contributed by atoms with E-state index in [1.807, 2.05) is 6.07 Å². The maximum atomic E-state index is 11.4. The molecule has 2 N–H and O–H groups in total. The summed E-state index contributed by atoms with van der Waals surface area (Å²) in [5, 5.41) is 0.506. The summed E-state index contributed by atoms with van der Waals surface area (Å²) >= 11 is 1.40. The highest BCUT2D eigenvalue weighted by molar-refractivity contribution is 8.93. The predicted molar refractivity (Wildman–Crippen MR) is 70.3 cm³/mol. The summed E-state index contributed by atoms with van der Waals surface area (Å²) in [6.07, 6.45) is 0. The Kier molecular flexibility index (Phi) is 4.26. The van der Waals surface area contributed by atoms with Gasteiger partial charge in [0.2, 0.25) is 0 Å². The van der Waals surface area contributed by atoms with Gasteiger partial charge in [0.15, 0.2) is 5.13 Å². The first-order valence-electron chi connectivity index (χ1n) is 4.54. The van der Waals surface area contributed by atoms with Crippen LogP contribution in [-0.4, -0.2) is 17.6 Å². The highest BCUT2D eigenvalue weighted by Gasteiger charge is 2.08. The average molecular weight is 303 g/mol. The molecule has 0 spiro atoms. The van der Waals surface area contributed by atoms with Gasteiger partial charge >= 0.3 is 5.97 Å². The van der Waals surface area contributed by atoms with Crippen molar-refractivity contribution in [3.63, 3.8) is 0 Å². The van der Waals surface area contributed by atoms with E-state index < -0.39 is 0 Å². The topological polar surface area (TPSA) is 65.2 Å². The minimum Gasteiger partial charge on any atom is -0.462 e. The average Bonchev–Trinajstić information content (AvgIpc) is 2.57. The van der Waals surface area contributed by atoms with Gasteiger partial charge in [-0.3, -0.25) is 0 Å². The molecule has 86 valence electrons. The summed E-state index contributed by atoms with van der Waals surface area (Å²) in [5.41, 5.74) is 6.81. The molecular formula is C10H11BrN2O2S. The summed E-state index contributed by atoms with van der Waals surface area (Å²) in [5.74, 6) is -0.328. The number of esters is 1. The maximum Gasteiger partial charge on any atom is 0.338 e. The van der Waals surface area contributed by atoms with Crippen LogP contribution in [-0.2, 0) is 4.74 Å². The van der Waals surface area contributed by atoms with Gasteiger partial charge in [0.05, 0.1) is 22.4 Å². The fourth-order valence-electron chi connectivity index (χ4n) is 1.29. The molecule has 16 heavy (non-hydrogen) atoms. The number of nitrogen functional groups attached to an aromatic ring is 1. The summed E-state index contributed by atoms with van der Waals surface area (Å²) in [7, 11) is 0. The molecule has 0 radical (unpaired) electrons. The highest BCUT2D eigenvalue weighted by atomic mass is 79.9. The number of anilines is 1. The molecule has 6 heteroatoms. The second-order valence-corrected chi connectivity index (χ2v) is 4.02. The lowest BCUT2D eigenvalue weighted by molar-refractivity contribution is 0.0526. The van der Waals surface area contributed by atoms with Crippen molar-refractivity contribution in [2.24, 2.45) is 0 Å². The Bertz CT molecular complexity index is 512. The number of ether oxygens (including phenoxy) is 1. The number of carbonyl (C=O) groups excluding carboxylic acids is 1. The van der Waals surface area contributed by atoms with Crippen molar-refractivity contribution in [3.05, 3.63) is 23.8 Å². The van der Waals surface area contributed by atoms with Crippen LogP contribution in [0, 0.1) is 0 Å². The van der Waals surface area contributed by atoms with Crippen molar-refractivity contribution in [3.8, 4) is 0 Å². The number of thiazole rings is 1. The first-order valence-corrected chi connectivity index (χ1v) is 5.35. The van der Waals surface area contributed by atoms with E-state index in [4.69, 9.17) is 10.5 Å². The van der Waals surface area contributed by atoms with Crippen molar-refractivity contribution < 1.29 is 9.53 Å². The minimum absolute atomic E-state index is 0. The van der Waals surface area contributed by atoms with Gasteiger partial charge in [0, 0.05) is 0 Å². The van der Waals surface area contributed by atoms with E-state index in [0.29, 0.717) is 17.3 Å². The Balaban J connectivity index is 0.00000128. The first kappa shape index (κ1) is 12.9. The number of aromatic nitrogens is 1. The zero-order valence-corrected chi connectivity index (χ0v) is 11.1. The number of hydrogen-bond donors (Lipinski definition) is 1. The van der Waals surface area contributed by atoms with Crippen molar-refractivity contribution in [2.75, 3.05) is 12.3 Å². The zero-order valence-electron chi connectivity index (χ0n) is 8.60. The molecule has 4 nitrogen and oxygen atoms in total. The molecular weight excluding hydrogens is 292 g/mol. The Morgan fingerprint density at radius 2 is 2.31 bits per heavy atom. The minimum atomic E-state index is -0.328. The quantitative estimate of drug-likeness (QED) is 0.866. The summed E-state index contributed by atoms with van der Waals surface area (Å²) < 4.78 is 5.86. The molecule has 0 aliphatic carbocycles. The summed E-state index contributed by atoms with van der Waals surface area (Å²) in [6, 6.07) is 5.24.